The minimum atomic E-state index is -1.08. The zero-order chi connectivity index (χ0) is 18.8. The summed E-state index contributed by atoms with van der Waals surface area (Å²) in [6, 6.07) is 18.7. The largest absolute Gasteiger partial charge is 0.480 e. The van der Waals surface area contributed by atoms with Gasteiger partial charge in [-0.25, -0.2) is 0 Å². The van der Waals surface area contributed by atoms with Gasteiger partial charge in [0.15, 0.2) is 0 Å². The van der Waals surface area contributed by atoms with Crippen LogP contribution in [0.2, 0.25) is 0 Å². The van der Waals surface area contributed by atoms with Crippen molar-refractivity contribution in [2.24, 2.45) is 0 Å². The summed E-state index contributed by atoms with van der Waals surface area (Å²) in [4.78, 5) is 36.5. The summed E-state index contributed by atoms with van der Waals surface area (Å²) in [5.74, 6) is -1.77. The van der Waals surface area contributed by atoms with E-state index >= 15 is 0 Å². The van der Waals surface area contributed by atoms with Crippen molar-refractivity contribution in [1.29, 1.82) is 0 Å². The van der Waals surface area contributed by atoms with Gasteiger partial charge < -0.3 is 15.3 Å². The third-order valence-corrected chi connectivity index (χ3v) is 3.84. The molecule has 2 aromatic carbocycles. The fraction of sp³-hybridized carbons (Fsp3) is 0.250. The normalized spacial score (nSPS) is 10.2. The molecule has 0 aliphatic rings. The lowest BCUT2D eigenvalue weighted by Crippen LogP contribution is -2.43. The highest BCUT2D eigenvalue weighted by Gasteiger charge is 2.17. The van der Waals surface area contributed by atoms with E-state index < -0.39 is 11.9 Å². The van der Waals surface area contributed by atoms with Gasteiger partial charge >= 0.3 is 5.97 Å². The molecule has 0 saturated carbocycles. The van der Waals surface area contributed by atoms with Crippen LogP contribution in [0, 0.1) is 0 Å². The van der Waals surface area contributed by atoms with Crippen molar-refractivity contribution < 1.29 is 19.5 Å². The van der Waals surface area contributed by atoms with Crippen molar-refractivity contribution in [1.82, 2.24) is 10.2 Å². The fourth-order valence-electron chi connectivity index (χ4n) is 2.49. The molecule has 2 amide bonds. The maximum Gasteiger partial charge on any atom is 0.323 e. The van der Waals surface area contributed by atoms with E-state index in [0.29, 0.717) is 6.42 Å². The van der Waals surface area contributed by atoms with E-state index in [4.69, 9.17) is 5.11 Å². The molecule has 6 nitrogen and oxygen atoms in total. The molecule has 0 aliphatic heterocycles. The van der Waals surface area contributed by atoms with Crippen molar-refractivity contribution >= 4 is 17.8 Å². The summed E-state index contributed by atoms with van der Waals surface area (Å²) in [6.45, 7) is -0.322. The van der Waals surface area contributed by atoms with E-state index in [0.717, 1.165) is 11.1 Å². The highest BCUT2D eigenvalue weighted by Crippen LogP contribution is 2.02. The second-order valence-electron chi connectivity index (χ2n) is 5.88. The monoisotopic (exact) mass is 354 g/mol. The number of amides is 2. The van der Waals surface area contributed by atoms with E-state index in [1.54, 1.807) is 0 Å². The number of carboxylic acids is 1. The molecule has 6 heteroatoms. The summed E-state index contributed by atoms with van der Waals surface area (Å²) < 4.78 is 0. The summed E-state index contributed by atoms with van der Waals surface area (Å²) in [6.07, 6.45) is 0.731. The molecule has 0 atom stereocenters. The Morgan fingerprint density at radius 3 is 2.04 bits per heavy atom. The Morgan fingerprint density at radius 2 is 1.46 bits per heavy atom. The van der Waals surface area contributed by atoms with Crippen LogP contribution in [-0.2, 0) is 27.2 Å². The van der Waals surface area contributed by atoms with E-state index in [-0.39, 0.29) is 32.0 Å². The average Bonchev–Trinajstić information content (AvgIpc) is 2.64. The van der Waals surface area contributed by atoms with Gasteiger partial charge in [0.2, 0.25) is 11.8 Å². The number of carboxylic acid groups (broad SMARTS) is 1. The van der Waals surface area contributed by atoms with Crippen molar-refractivity contribution in [2.75, 3.05) is 19.6 Å². The molecule has 0 aliphatic carbocycles. The van der Waals surface area contributed by atoms with Crippen molar-refractivity contribution in [2.45, 2.75) is 12.8 Å². The maximum absolute atomic E-state index is 12.3. The van der Waals surface area contributed by atoms with Crippen LogP contribution < -0.4 is 5.32 Å². The first-order valence-corrected chi connectivity index (χ1v) is 8.38. The minimum absolute atomic E-state index is 0.178. The molecule has 136 valence electrons. The number of nitrogens with zero attached hydrogens (tertiary/aromatic N) is 1. The molecular formula is C20H22N2O4. The standard InChI is InChI=1S/C20H22N2O4/c23-18(13-17-9-5-2-6-10-17)21-14-19(24)22(15-20(25)26)12-11-16-7-3-1-4-8-16/h1-10H,11-15H2,(H,21,23)(H,25,26). The lowest BCUT2D eigenvalue weighted by Gasteiger charge is -2.21. The SMILES string of the molecule is O=C(O)CN(CCc1ccccc1)C(=O)CNC(=O)Cc1ccccc1. The molecule has 0 heterocycles. The molecule has 0 spiro atoms. The number of carbonyl (C=O) groups is 3. The third-order valence-electron chi connectivity index (χ3n) is 3.84. The Bertz CT molecular complexity index is 732. The average molecular weight is 354 g/mol. The summed E-state index contributed by atoms with van der Waals surface area (Å²) in [5, 5.41) is 11.6. The molecule has 0 saturated heterocycles. The molecule has 2 aromatic rings. The Hall–Kier alpha value is -3.15. The molecule has 0 aromatic heterocycles. The van der Waals surface area contributed by atoms with Gasteiger partial charge in [0.1, 0.15) is 6.54 Å². The van der Waals surface area contributed by atoms with Gasteiger partial charge in [-0.2, -0.15) is 0 Å². The lowest BCUT2D eigenvalue weighted by molar-refractivity contribution is -0.144. The van der Waals surface area contributed by atoms with Gasteiger partial charge in [0.25, 0.3) is 0 Å². The molecule has 0 bridgehead atoms. The van der Waals surface area contributed by atoms with Gasteiger partial charge in [-0.1, -0.05) is 60.7 Å². The first kappa shape index (κ1) is 19.2. The third kappa shape index (κ3) is 6.76. The van der Waals surface area contributed by atoms with Crippen LogP contribution in [0.25, 0.3) is 0 Å². The Kier molecular flexibility index (Phi) is 7.36. The number of rotatable bonds is 9. The molecular weight excluding hydrogens is 332 g/mol. The van der Waals surface area contributed by atoms with E-state index in [2.05, 4.69) is 5.32 Å². The van der Waals surface area contributed by atoms with Crippen LogP contribution in [0.4, 0.5) is 0 Å². The molecule has 0 unspecified atom stereocenters. The fourth-order valence-corrected chi connectivity index (χ4v) is 2.49. The van der Waals surface area contributed by atoms with E-state index in [9.17, 15) is 14.4 Å². The summed E-state index contributed by atoms with van der Waals surface area (Å²) >= 11 is 0. The highest BCUT2D eigenvalue weighted by molar-refractivity contribution is 5.87. The summed E-state index contributed by atoms with van der Waals surface area (Å²) in [5.41, 5.74) is 1.87. The Balaban J connectivity index is 1.85. The zero-order valence-corrected chi connectivity index (χ0v) is 14.4. The van der Waals surface area contributed by atoms with Crippen molar-refractivity contribution in [3.05, 3.63) is 71.8 Å². The van der Waals surface area contributed by atoms with Crippen LogP contribution >= 0.6 is 0 Å². The number of hydrogen-bond acceptors (Lipinski definition) is 3. The number of aliphatic carboxylic acids is 1. The van der Waals surface area contributed by atoms with Crippen LogP contribution in [0.15, 0.2) is 60.7 Å². The van der Waals surface area contributed by atoms with Crippen LogP contribution in [0.5, 0.6) is 0 Å². The minimum Gasteiger partial charge on any atom is -0.480 e. The van der Waals surface area contributed by atoms with Crippen molar-refractivity contribution in [3.8, 4) is 0 Å². The molecule has 0 fully saturated rings. The maximum atomic E-state index is 12.3. The second-order valence-corrected chi connectivity index (χ2v) is 5.88. The molecule has 2 rings (SSSR count). The van der Waals surface area contributed by atoms with Gasteiger partial charge in [0.05, 0.1) is 13.0 Å². The number of nitrogens with one attached hydrogen (secondary N) is 1. The van der Waals surface area contributed by atoms with Gasteiger partial charge in [0, 0.05) is 6.54 Å². The summed E-state index contributed by atoms with van der Waals surface area (Å²) in [7, 11) is 0. The Morgan fingerprint density at radius 1 is 0.885 bits per heavy atom. The van der Waals surface area contributed by atoms with Gasteiger partial charge in [-0.15, -0.1) is 0 Å². The first-order chi connectivity index (χ1) is 12.5. The van der Waals surface area contributed by atoms with E-state index in [1.807, 2.05) is 60.7 Å². The van der Waals surface area contributed by atoms with Gasteiger partial charge in [-0.3, -0.25) is 14.4 Å². The van der Waals surface area contributed by atoms with Crippen LogP contribution in [-0.4, -0.2) is 47.4 Å². The number of benzene rings is 2. The number of hydrogen-bond donors (Lipinski definition) is 2. The molecule has 26 heavy (non-hydrogen) atoms. The first-order valence-electron chi connectivity index (χ1n) is 8.38. The predicted octanol–water partition coefficient (Wildman–Crippen LogP) is 1.50. The zero-order valence-electron chi connectivity index (χ0n) is 14.4. The lowest BCUT2D eigenvalue weighted by atomic mass is 10.1. The topological polar surface area (TPSA) is 86.7 Å². The Labute approximate surface area is 152 Å². The quantitative estimate of drug-likeness (QED) is 0.714. The van der Waals surface area contributed by atoms with Gasteiger partial charge in [-0.05, 0) is 17.5 Å². The highest BCUT2D eigenvalue weighted by atomic mass is 16.4. The van der Waals surface area contributed by atoms with Crippen LogP contribution in [0.1, 0.15) is 11.1 Å². The van der Waals surface area contributed by atoms with Crippen LogP contribution in [0.3, 0.4) is 0 Å². The number of carbonyl (C=O) groups excluding carboxylic acids is 2. The van der Waals surface area contributed by atoms with E-state index in [1.165, 1.54) is 4.90 Å². The molecule has 0 radical (unpaired) electrons. The molecule has 2 N–H and O–H groups in total. The van der Waals surface area contributed by atoms with Crippen molar-refractivity contribution in [3.63, 3.8) is 0 Å². The smallest absolute Gasteiger partial charge is 0.323 e. The second kappa shape index (κ2) is 9.98. The predicted molar refractivity (Wildman–Crippen MR) is 97.5 cm³/mol.